The second-order valence-electron chi connectivity index (χ2n) is 4.95. The van der Waals surface area contributed by atoms with Crippen molar-refractivity contribution in [3.05, 3.63) is 34.5 Å². The van der Waals surface area contributed by atoms with Gasteiger partial charge in [0.25, 0.3) is 5.70 Å². The lowest BCUT2D eigenvalue weighted by molar-refractivity contribution is -0.418. The smallest absolute Gasteiger partial charge is 0.258 e. The molecule has 0 heterocycles. The molecule has 0 amide bonds. The summed E-state index contributed by atoms with van der Waals surface area (Å²) in [6, 6.07) is 0. The standard InChI is InChI=1S/C8H18.C6H9NO2.C3H8.2C2H6/c1-4-6-8(3)7-5-2;1-3-4-5-6(2)7(8)9;1-3-2;2*1-2/h8H,4-7H2,1-3H3;4-5H,2-3H2,1H3;3H2,1-2H3;2*1-2H3/b;5-4-;;;. The molecule has 148 valence electrons. The van der Waals surface area contributed by atoms with Crippen LogP contribution in [0, 0.1) is 16.0 Å². The first-order valence-electron chi connectivity index (χ1n) is 9.90. The zero-order chi connectivity index (χ0) is 20.4. The average molecular weight is 346 g/mol. The minimum Gasteiger partial charge on any atom is -0.258 e. The summed E-state index contributed by atoms with van der Waals surface area (Å²) in [7, 11) is 0. The third-order valence-corrected chi connectivity index (χ3v) is 2.34. The van der Waals surface area contributed by atoms with Gasteiger partial charge in [-0.2, -0.15) is 0 Å². The first-order chi connectivity index (χ1) is 11.4. The summed E-state index contributed by atoms with van der Waals surface area (Å²) >= 11 is 0. The summed E-state index contributed by atoms with van der Waals surface area (Å²) in [6.45, 7) is 24.2. The van der Waals surface area contributed by atoms with Gasteiger partial charge in [0.2, 0.25) is 0 Å². The van der Waals surface area contributed by atoms with E-state index in [0.29, 0.717) is 0 Å². The van der Waals surface area contributed by atoms with Gasteiger partial charge in [0.15, 0.2) is 0 Å². The van der Waals surface area contributed by atoms with Crippen molar-refractivity contribution in [1.82, 2.24) is 0 Å². The summed E-state index contributed by atoms with van der Waals surface area (Å²) in [5.41, 5.74) is -0.0585. The van der Waals surface area contributed by atoms with E-state index in [1.807, 2.05) is 34.6 Å². The zero-order valence-electron chi connectivity index (χ0n) is 18.4. The van der Waals surface area contributed by atoms with Crippen LogP contribution in [0.2, 0.25) is 0 Å². The molecular weight excluding hydrogens is 298 g/mol. The predicted molar refractivity (Wildman–Crippen MR) is 113 cm³/mol. The van der Waals surface area contributed by atoms with Gasteiger partial charge in [-0.15, -0.1) is 0 Å². The Labute approximate surface area is 153 Å². The zero-order valence-corrected chi connectivity index (χ0v) is 18.4. The highest BCUT2D eigenvalue weighted by Gasteiger charge is 1.97. The Balaban J connectivity index is -0.0000000733. The van der Waals surface area contributed by atoms with E-state index < -0.39 is 4.92 Å². The molecule has 0 saturated heterocycles. The maximum atomic E-state index is 9.86. The molecule has 0 unspecified atom stereocenters. The largest absolute Gasteiger partial charge is 0.261 e. The van der Waals surface area contributed by atoms with E-state index >= 15 is 0 Å². The van der Waals surface area contributed by atoms with Gasteiger partial charge in [0.1, 0.15) is 0 Å². The van der Waals surface area contributed by atoms with E-state index in [4.69, 9.17) is 0 Å². The second-order valence-corrected chi connectivity index (χ2v) is 4.95. The van der Waals surface area contributed by atoms with Gasteiger partial charge in [-0.1, -0.05) is 107 Å². The molecule has 0 saturated carbocycles. The van der Waals surface area contributed by atoms with E-state index in [1.165, 1.54) is 38.2 Å². The van der Waals surface area contributed by atoms with Gasteiger partial charge < -0.3 is 0 Å². The van der Waals surface area contributed by atoms with Crippen LogP contribution < -0.4 is 0 Å². The van der Waals surface area contributed by atoms with Crippen molar-refractivity contribution in [2.45, 2.75) is 108 Å². The van der Waals surface area contributed by atoms with Crippen molar-refractivity contribution in [1.29, 1.82) is 0 Å². The molecule has 3 nitrogen and oxygen atoms in total. The van der Waals surface area contributed by atoms with Crippen LogP contribution >= 0.6 is 0 Å². The Morgan fingerprint density at radius 2 is 1.33 bits per heavy atom. The van der Waals surface area contributed by atoms with Crippen LogP contribution in [0.1, 0.15) is 108 Å². The summed E-state index contributed by atoms with van der Waals surface area (Å²) in [4.78, 5) is 9.35. The van der Waals surface area contributed by atoms with Gasteiger partial charge in [-0.3, -0.25) is 10.1 Å². The fourth-order valence-corrected chi connectivity index (χ4v) is 1.44. The average Bonchev–Trinajstić information content (AvgIpc) is 2.58. The molecule has 0 atom stereocenters. The monoisotopic (exact) mass is 345 g/mol. The van der Waals surface area contributed by atoms with E-state index in [0.717, 1.165) is 12.3 Å². The van der Waals surface area contributed by atoms with Crippen molar-refractivity contribution in [2.24, 2.45) is 5.92 Å². The van der Waals surface area contributed by atoms with Crippen molar-refractivity contribution >= 4 is 0 Å². The van der Waals surface area contributed by atoms with Crippen LogP contribution in [-0.2, 0) is 0 Å². The van der Waals surface area contributed by atoms with E-state index in [9.17, 15) is 10.1 Å². The predicted octanol–water partition coefficient (Wildman–Crippen LogP) is 8.43. The van der Waals surface area contributed by atoms with E-state index in [2.05, 4.69) is 41.2 Å². The van der Waals surface area contributed by atoms with Gasteiger partial charge in [-0.25, -0.2) is 0 Å². The number of hydrogen-bond donors (Lipinski definition) is 0. The lowest BCUT2D eigenvalue weighted by atomic mass is 10.0. The highest BCUT2D eigenvalue weighted by molar-refractivity contribution is 5.05. The molecular formula is C21H47NO2. The van der Waals surface area contributed by atoms with Gasteiger partial charge in [0, 0.05) is 6.08 Å². The Kier molecular flexibility index (Phi) is 54.0. The lowest BCUT2D eigenvalue weighted by Gasteiger charge is -2.05. The summed E-state index contributed by atoms with van der Waals surface area (Å²) in [5, 5.41) is 9.86. The van der Waals surface area contributed by atoms with Crippen LogP contribution in [0.5, 0.6) is 0 Å². The molecule has 3 heteroatoms. The molecule has 0 N–H and O–H groups in total. The number of nitrogens with zero attached hydrogens (tertiary/aromatic N) is 1. The molecule has 24 heavy (non-hydrogen) atoms. The van der Waals surface area contributed by atoms with Crippen molar-refractivity contribution in [3.8, 4) is 0 Å². The SMILES string of the molecule is C=C(/C=C\CC)[N+](=O)[O-].CC.CC.CCC.CCCC(C)CCC. The molecule has 0 fully saturated rings. The van der Waals surface area contributed by atoms with Crippen LogP contribution in [0.4, 0.5) is 0 Å². The quantitative estimate of drug-likeness (QED) is 0.264. The lowest BCUT2D eigenvalue weighted by Crippen LogP contribution is -1.91. The van der Waals surface area contributed by atoms with Crippen molar-refractivity contribution < 1.29 is 4.92 Å². The maximum absolute atomic E-state index is 9.86. The van der Waals surface area contributed by atoms with Crippen LogP contribution in [0.25, 0.3) is 0 Å². The highest BCUT2D eigenvalue weighted by atomic mass is 16.6. The first-order valence-corrected chi connectivity index (χ1v) is 9.90. The first kappa shape index (κ1) is 34.3. The minimum atomic E-state index is -0.508. The van der Waals surface area contributed by atoms with E-state index in [-0.39, 0.29) is 5.70 Å². The maximum Gasteiger partial charge on any atom is 0.261 e. The summed E-state index contributed by atoms with van der Waals surface area (Å²) < 4.78 is 0. The third-order valence-electron chi connectivity index (χ3n) is 2.34. The number of allylic oxidation sites excluding steroid dienone is 2. The molecule has 0 rings (SSSR count). The fourth-order valence-electron chi connectivity index (χ4n) is 1.44. The Morgan fingerprint density at radius 3 is 1.54 bits per heavy atom. The third kappa shape index (κ3) is 49.7. The minimum absolute atomic E-state index is 0.0585. The molecule has 0 aliphatic heterocycles. The molecule has 0 aliphatic rings. The Hall–Kier alpha value is -1.12. The molecule has 0 radical (unpaired) electrons. The number of nitro groups is 1. The molecule has 0 aliphatic carbocycles. The van der Waals surface area contributed by atoms with Gasteiger partial charge in [-0.05, 0) is 18.9 Å². The molecule has 0 bridgehead atoms. The topological polar surface area (TPSA) is 43.1 Å². The Morgan fingerprint density at radius 1 is 1.00 bits per heavy atom. The van der Waals surface area contributed by atoms with Crippen LogP contribution in [-0.4, -0.2) is 4.92 Å². The molecule has 0 spiro atoms. The highest BCUT2D eigenvalue weighted by Crippen LogP contribution is 2.10. The second kappa shape index (κ2) is 37.8. The van der Waals surface area contributed by atoms with Crippen molar-refractivity contribution in [3.63, 3.8) is 0 Å². The van der Waals surface area contributed by atoms with Crippen LogP contribution in [0.3, 0.4) is 0 Å². The molecule has 0 aromatic rings. The molecule has 0 aromatic heterocycles. The van der Waals surface area contributed by atoms with E-state index in [1.54, 1.807) is 6.08 Å². The number of rotatable bonds is 7. The summed E-state index contributed by atoms with van der Waals surface area (Å²) in [6.07, 6.45) is 10.7. The fraction of sp³-hybridized carbons (Fsp3) is 0.810. The normalized spacial score (nSPS) is 8.46. The number of hydrogen-bond acceptors (Lipinski definition) is 2. The van der Waals surface area contributed by atoms with Gasteiger partial charge >= 0.3 is 0 Å². The molecule has 0 aromatic carbocycles. The van der Waals surface area contributed by atoms with Gasteiger partial charge in [0.05, 0.1) is 4.92 Å². The van der Waals surface area contributed by atoms with Crippen molar-refractivity contribution in [2.75, 3.05) is 0 Å². The van der Waals surface area contributed by atoms with Crippen LogP contribution in [0.15, 0.2) is 24.4 Å². The summed E-state index contributed by atoms with van der Waals surface area (Å²) in [5.74, 6) is 0.963. The Bertz CT molecular complexity index is 242.